The van der Waals surface area contributed by atoms with Crippen LogP contribution in [0.3, 0.4) is 0 Å². The Morgan fingerprint density at radius 1 is 1.06 bits per heavy atom. The van der Waals surface area contributed by atoms with Crippen molar-refractivity contribution in [1.29, 1.82) is 0 Å². The highest BCUT2D eigenvalue weighted by atomic mass is 19.2. The van der Waals surface area contributed by atoms with Crippen LogP contribution >= 0.6 is 0 Å². The van der Waals surface area contributed by atoms with Gasteiger partial charge in [-0.2, -0.15) is 0 Å². The number of Topliss-reactive ketones (excluding diaryl/α,β-unsaturated/α-hetero) is 1. The summed E-state index contributed by atoms with van der Waals surface area (Å²) in [5, 5.41) is 0. The summed E-state index contributed by atoms with van der Waals surface area (Å²) in [6, 6.07) is 3.71. The molecule has 1 unspecified atom stereocenters. The van der Waals surface area contributed by atoms with Crippen LogP contribution in [0.5, 0.6) is 5.75 Å². The average Bonchev–Trinajstić information content (AvgIpc) is 2.80. The normalized spacial score (nSPS) is 16.3. The van der Waals surface area contributed by atoms with Gasteiger partial charge >= 0.3 is 0 Å². The number of halogens is 6. The zero-order valence-electron chi connectivity index (χ0n) is 17.1. The fourth-order valence-corrected chi connectivity index (χ4v) is 3.11. The molecular weight excluding hydrogens is 456 g/mol. The summed E-state index contributed by atoms with van der Waals surface area (Å²) in [6.07, 6.45) is 0.567. The molecule has 1 amide bonds. The van der Waals surface area contributed by atoms with Gasteiger partial charge in [0.05, 0.1) is 24.3 Å². The molecule has 1 atom stereocenters. The molecule has 1 heterocycles. The summed E-state index contributed by atoms with van der Waals surface area (Å²) in [6.45, 7) is 1.34. The number of carbonyl (C=O) groups is 2. The van der Waals surface area contributed by atoms with Gasteiger partial charge in [-0.25, -0.2) is 26.3 Å². The number of hydrogen-bond acceptors (Lipinski definition) is 4. The highest BCUT2D eigenvalue weighted by Gasteiger charge is 2.26. The first kappa shape index (κ1) is 24.3. The highest BCUT2D eigenvalue weighted by Crippen LogP contribution is 2.24. The van der Waals surface area contributed by atoms with Crippen molar-refractivity contribution in [2.75, 3.05) is 26.3 Å². The van der Waals surface area contributed by atoms with Gasteiger partial charge < -0.3 is 14.4 Å². The quantitative estimate of drug-likeness (QED) is 0.209. The number of ketones is 1. The average molecular weight is 473 g/mol. The minimum absolute atomic E-state index is 0.00567. The van der Waals surface area contributed by atoms with Crippen molar-refractivity contribution >= 4 is 17.8 Å². The number of ether oxygens (including phenoxy) is 2. The van der Waals surface area contributed by atoms with Gasteiger partial charge in [-0.1, -0.05) is 0 Å². The van der Waals surface area contributed by atoms with Crippen LogP contribution in [-0.2, 0) is 9.53 Å². The molecule has 1 aliphatic rings. The molecule has 1 aliphatic heterocycles. The Kier molecular flexibility index (Phi) is 7.42. The number of carbonyl (C=O) groups excluding carboxylic acids is 2. The molecule has 0 bridgehead atoms. The Balaban J connectivity index is 1.63. The maximum absolute atomic E-state index is 13.9. The number of rotatable bonds is 6. The Labute approximate surface area is 184 Å². The predicted molar refractivity (Wildman–Crippen MR) is 103 cm³/mol. The first-order valence-electron chi connectivity index (χ1n) is 9.63. The number of hydrogen-bond donors (Lipinski definition) is 0. The van der Waals surface area contributed by atoms with Crippen LogP contribution in [0, 0.1) is 34.9 Å². The first-order chi connectivity index (χ1) is 15.6. The lowest BCUT2D eigenvalue weighted by Crippen LogP contribution is -2.47. The lowest BCUT2D eigenvalue weighted by molar-refractivity contribution is -0.134. The maximum atomic E-state index is 13.9. The molecule has 2 aromatic rings. The summed E-state index contributed by atoms with van der Waals surface area (Å²) in [7, 11) is 0. The van der Waals surface area contributed by atoms with Gasteiger partial charge in [-0.3, -0.25) is 9.59 Å². The van der Waals surface area contributed by atoms with Crippen LogP contribution in [0.4, 0.5) is 26.3 Å². The van der Waals surface area contributed by atoms with Gasteiger partial charge in [-0.15, -0.1) is 0 Å². The molecule has 2 aromatic carbocycles. The van der Waals surface area contributed by atoms with E-state index in [0.29, 0.717) is 12.2 Å². The molecule has 0 N–H and O–H groups in total. The van der Waals surface area contributed by atoms with Crippen LogP contribution in [0.15, 0.2) is 24.3 Å². The molecule has 33 heavy (non-hydrogen) atoms. The molecule has 0 aliphatic carbocycles. The van der Waals surface area contributed by atoms with E-state index < -0.39 is 58.3 Å². The summed E-state index contributed by atoms with van der Waals surface area (Å²) < 4.78 is 91.9. The van der Waals surface area contributed by atoms with E-state index in [-0.39, 0.29) is 37.6 Å². The number of nitrogens with zero attached hydrogens (tertiary/aromatic N) is 1. The third-order valence-corrected chi connectivity index (χ3v) is 4.84. The minimum atomic E-state index is -2.29. The van der Waals surface area contributed by atoms with Crippen LogP contribution in [0.1, 0.15) is 22.8 Å². The third kappa shape index (κ3) is 5.36. The van der Waals surface area contributed by atoms with E-state index in [0.717, 1.165) is 6.07 Å². The molecule has 1 fully saturated rings. The molecule has 0 aromatic heterocycles. The molecule has 176 valence electrons. The number of benzene rings is 2. The Morgan fingerprint density at radius 2 is 1.70 bits per heavy atom. The molecule has 0 radical (unpaired) electrons. The van der Waals surface area contributed by atoms with Crippen LogP contribution in [-0.4, -0.2) is 49.0 Å². The zero-order chi connectivity index (χ0) is 24.3. The number of amides is 1. The molecular formula is C22H17F6NO4. The smallest absolute Gasteiger partial charge is 0.246 e. The molecule has 11 heteroatoms. The van der Waals surface area contributed by atoms with E-state index in [2.05, 4.69) is 0 Å². The van der Waals surface area contributed by atoms with Gasteiger partial charge in [0.1, 0.15) is 24.3 Å². The summed E-state index contributed by atoms with van der Waals surface area (Å²) in [4.78, 5) is 24.9. The fourth-order valence-electron chi connectivity index (χ4n) is 3.11. The van der Waals surface area contributed by atoms with Crippen LogP contribution in [0.25, 0.3) is 6.08 Å². The fraction of sp³-hybridized carbons (Fsp3) is 0.273. The second-order valence-electron chi connectivity index (χ2n) is 7.10. The third-order valence-electron chi connectivity index (χ3n) is 4.84. The van der Waals surface area contributed by atoms with Crippen molar-refractivity contribution in [2.45, 2.75) is 13.0 Å². The van der Waals surface area contributed by atoms with Gasteiger partial charge in [0, 0.05) is 18.7 Å². The van der Waals surface area contributed by atoms with Crippen molar-refractivity contribution in [3.63, 3.8) is 0 Å². The van der Waals surface area contributed by atoms with E-state index in [1.807, 2.05) is 0 Å². The number of morpholine rings is 1. The van der Waals surface area contributed by atoms with Crippen molar-refractivity contribution in [3.05, 3.63) is 70.3 Å². The predicted octanol–water partition coefficient (Wildman–Crippen LogP) is 4.04. The Hall–Kier alpha value is -3.34. The van der Waals surface area contributed by atoms with E-state index >= 15 is 0 Å². The van der Waals surface area contributed by atoms with Crippen molar-refractivity contribution in [2.24, 2.45) is 0 Å². The second kappa shape index (κ2) is 10.1. The second-order valence-corrected chi connectivity index (χ2v) is 7.10. The summed E-state index contributed by atoms with van der Waals surface area (Å²) >= 11 is 0. The van der Waals surface area contributed by atoms with Crippen LogP contribution in [0.2, 0.25) is 0 Å². The van der Waals surface area contributed by atoms with Crippen molar-refractivity contribution in [3.8, 4) is 5.75 Å². The van der Waals surface area contributed by atoms with Gasteiger partial charge in [0.2, 0.25) is 11.7 Å². The largest absolute Gasteiger partial charge is 0.491 e. The molecule has 0 saturated carbocycles. The first-order valence-corrected chi connectivity index (χ1v) is 9.63. The highest BCUT2D eigenvalue weighted by molar-refractivity contribution is 5.94. The summed E-state index contributed by atoms with van der Waals surface area (Å²) in [5.74, 6) is -12.4. The summed E-state index contributed by atoms with van der Waals surface area (Å²) in [5.41, 5.74) is -1.32. The van der Waals surface area contributed by atoms with Crippen LogP contribution < -0.4 is 4.74 Å². The van der Waals surface area contributed by atoms with Gasteiger partial charge in [0.25, 0.3) is 0 Å². The Morgan fingerprint density at radius 3 is 2.30 bits per heavy atom. The Bertz CT molecular complexity index is 1090. The van der Waals surface area contributed by atoms with E-state index in [4.69, 9.17) is 9.47 Å². The van der Waals surface area contributed by atoms with E-state index in [1.165, 1.54) is 24.0 Å². The molecule has 5 nitrogen and oxygen atoms in total. The topological polar surface area (TPSA) is 55.8 Å². The molecule has 0 spiro atoms. The zero-order valence-corrected chi connectivity index (χ0v) is 17.1. The van der Waals surface area contributed by atoms with Crippen molar-refractivity contribution < 1.29 is 45.4 Å². The van der Waals surface area contributed by atoms with E-state index in [9.17, 15) is 35.9 Å². The SMILES string of the molecule is CC(=O)c1ccc(OCC2CN(C(=O)C=Cc3c(F)c(F)c(F)c(F)c3F)CCO2)cc1F. The molecule has 3 rings (SSSR count). The maximum Gasteiger partial charge on any atom is 0.246 e. The lowest BCUT2D eigenvalue weighted by Gasteiger charge is -2.32. The standard InChI is InChI=1S/C22H17F6NO4/c1-11(30)14-3-2-12(8-16(14)23)33-10-13-9-29(6-7-32-13)17(31)5-4-15-18(24)20(26)22(28)21(27)19(15)25/h2-5,8,13H,6-7,9-10H2,1H3. The van der Waals surface area contributed by atoms with Gasteiger partial charge in [-0.05, 0) is 25.1 Å². The minimum Gasteiger partial charge on any atom is -0.491 e. The van der Waals surface area contributed by atoms with Crippen molar-refractivity contribution in [1.82, 2.24) is 4.90 Å². The molecule has 1 saturated heterocycles. The van der Waals surface area contributed by atoms with E-state index in [1.54, 1.807) is 0 Å². The van der Waals surface area contributed by atoms with Gasteiger partial charge in [0.15, 0.2) is 29.1 Å². The lowest BCUT2D eigenvalue weighted by atomic mass is 10.1. The monoisotopic (exact) mass is 473 g/mol.